The van der Waals surface area contributed by atoms with Crippen molar-refractivity contribution >= 4 is 35.8 Å². The molecule has 0 spiro atoms. The molecule has 32 heavy (non-hydrogen) atoms. The highest BCUT2D eigenvalue weighted by atomic mass is 16.2. The van der Waals surface area contributed by atoms with E-state index in [2.05, 4.69) is 26.6 Å². The van der Waals surface area contributed by atoms with Crippen molar-refractivity contribution in [3.8, 4) is 0 Å². The van der Waals surface area contributed by atoms with Crippen molar-refractivity contribution in [2.75, 3.05) is 26.2 Å². The number of carbonyl (C=O) groups is 6. The van der Waals surface area contributed by atoms with Gasteiger partial charge in [-0.2, -0.15) is 0 Å². The monoisotopic (exact) mass is 456 g/mol. The van der Waals surface area contributed by atoms with Gasteiger partial charge in [0.2, 0.25) is 29.5 Å². The molecule has 0 aromatic rings. The number of nitrogens with two attached hydrogens (primary N) is 1. The minimum Gasteiger partial charge on any atom is -0.356 e. The first-order valence-corrected chi connectivity index (χ1v) is 10.6. The molecule has 0 heterocycles. The van der Waals surface area contributed by atoms with Crippen LogP contribution in [-0.4, -0.2) is 74.1 Å². The maximum atomic E-state index is 12.4. The first-order valence-electron chi connectivity index (χ1n) is 10.6. The van der Waals surface area contributed by atoms with Gasteiger partial charge in [0, 0.05) is 13.5 Å². The lowest BCUT2D eigenvalue weighted by Crippen LogP contribution is -2.53. The molecule has 2 atom stereocenters. The summed E-state index contributed by atoms with van der Waals surface area (Å²) in [5, 5.41) is 12.5. The third-order valence-corrected chi connectivity index (χ3v) is 4.27. The predicted molar refractivity (Wildman–Crippen MR) is 117 cm³/mol. The fourth-order valence-corrected chi connectivity index (χ4v) is 2.76. The van der Waals surface area contributed by atoms with E-state index in [-0.39, 0.29) is 31.3 Å². The number of hydrogen-bond donors (Lipinski definition) is 6. The number of aldehydes is 1. The maximum absolute atomic E-state index is 12.4. The van der Waals surface area contributed by atoms with Gasteiger partial charge >= 0.3 is 0 Å². The van der Waals surface area contributed by atoms with E-state index in [0.29, 0.717) is 32.1 Å². The zero-order chi connectivity index (χ0) is 24.5. The average molecular weight is 457 g/mol. The van der Waals surface area contributed by atoms with Crippen LogP contribution in [0.4, 0.5) is 0 Å². The van der Waals surface area contributed by atoms with Gasteiger partial charge in [0.05, 0.1) is 19.6 Å². The van der Waals surface area contributed by atoms with Gasteiger partial charge in [-0.3, -0.25) is 24.0 Å². The van der Waals surface area contributed by atoms with Crippen molar-refractivity contribution in [2.45, 2.75) is 58.5 Å². The van der Waals surface area contributed by atoms with Crippen LogP contribution in [0.3, 0.4) is 0 Å². The fourth-order valence-electron chi connectivity index (χ4n) is 2.76. The molecule has 0 radical (unpaired) electrons. The van der Waals surface area contributed by atoms with Crippen LogP contribution < -0.4 is 32.3 Å². The van der Waals surface area contributed by atoms with Crippen LogP contribution in [0.25, 0.3) is 0 Å². The van der Waals surface area contributed by atoms with Gasteiger partial charge in [-0.15, -0.1) is 0 Å². The minimum absolute atomic E-state index is 0.112. The summed E-state index contributed by atoms with van der Waals surface area (Å²) in [5.74, 6) is -2.19. The minimum atomic E-state index is -0.903. The van der Waals surface area contributed by atoms with Gasteiger partial charge in [0.25, 0.3) is 0 Å². The van der Waals surface area contributed by atoms with Crippen LogP contribution in [0.5, 0.6) is 0 Å². The smallest absolute Gasteiger partial charge is 0.243 e. The number of amides is 5. The molecule has 0 aromatic carbocycles. The Morgan fingerprint density at radius 3 is 2.06 bits per heavy atom. The summed E-state index contributed by atoms with van der Waals surface area (Å²) < 4.78 is 0. The van der Waals surface area contributed by atoms with Gasteiger partial charge in [0.15, 0.2) is 0 Å². The zero-order valence-corrected chi connectivity index (χ0v) is 19.0. The van der Waals surface area contributed by atoms with Gasteiger partial charge < -0.3 is 37.1 Å². The molecule has 7 N–H and O–H groups in total. The first kappa shape index (κ1) is 29.0. The molecule has 0 aliphatic heterocycles. The third kappa shape index (κ3) is 14.1. The van der Waals surface area contributed by atoms with E-state index in [9.17, 15) is 28.8 Å². The number of nitrogens with one attached hydrogen (secondary N) is 5. The second-order valence-electron chi connectivity index (χ2n) is 7.68. The van der Waals surface area contributed by atoms with Crippen LogP contribution in [0.2, 0.25) is 0 Å². The molecule has 0 fully saturated rings. The maximum Gasteiger partial charge on any atom is 0.243 e. The number of unbranched alkanes of at least 4 members (excludes halogenated alkanes) is 1. The van der Waals surface area contributed by atoms with Crippen LogP contribution in [0.15, 0.2) is 0 Å². The molecule has 0 aliphatic rings. The summed E-state index contributed by atoms with van der Waals surface area (Å²) in [7, 11) is 0. The standard InChI is InChI=1S/C20H36N6O6/c1-13(2)10-16(26-17(29)11-21)20(32)24-12-18(30)25-15(19(31)23-8-9-27)6-4-5-7-22-14(3)28/h9,13,15-16H,4-8,10-12,21H2,1-3H3,(H,22,28)(H,23,31)(H,24,32)(H,25,30)(H,26,29)/t15-,16-/m0/s1. The van der Waals surface area contributed by atoms with Gasteiger partial charge in [0.1, 0.15) is 18.4 Å². The van der Waals surface area contributed by atoms with Crippen molar-refractivity contribution in [1.29, 1.82) is 0 Å². The average Bonchev–Trinajstić information content (AvgIpc) is 2.73. The van der Waals surface area contributed by atoms with E-state index >= 15 is 0 Å². The van der Waals surface area contributed by atoms with Crippen molar-refractivity contribution in [3.05, 3.63) is 0 Å². The van der Waals surface area contributed by atoms with E-state index in [0.717, 1.165) is 0 Å². The van der Waals surface area contributed by atoms with Crippen molar-refractivity contribution < 1.29 is 28.8 Å². The molecule has 0 aliphatic carbocycles. The third-order valence-electron chi connectivity index (χ3n) is 4.27. The van der Waals surface area contributed by atoms with Gasteiger partial charge in [-0.25, -0.2) is 0 Å². The van der Waals surface area contributed by atoms with Crippen LogP contribution in [0, 0.1) is 5.92 Å². The Kier molecular flexibility index (Phi) is 15.1. The highest BCUT2D eigenvalue weighted by Gasteiger charge is 2.24. The molecular weight excluding hydrogens is 420 g/mol. The molecule has 0 saturated heterocycles. The molecular formula is C20H36N6O6. The highest BCUT2D eigenvalue weighted by Crippen LogP contribution is 2.05. The zero-order valence-electron chi connectivity index (χ0n) is 19.0. The van der Waals surface area contributed by atoms with E-state index in [4.69, 9.17) is 5.73 Å². The summed E-state index contributed by atoms with van der Waals surface area (Å²) in [6, 6.07) is -1.74. The molecule has 12 heteroatoms. The molecule has 0 bridgehead atoms. The molecule has 0 saturated carbocycles. The lowest BCUT2D eigenvalue weighted by Gasteiger charge is -2.21. The molecule has 12 nitrogen and oxygen atoms in total. The van der Waals surface area contributed by atoms with E-state index in [1.807, 2.05) is 13.8 Å². The Bertz CT molecular complexity index is 654. The number of hydrogen-bond acceptors (Lipinski definition) is 7. The van der Waals surface area contributed by atoms with E-state index < -0.39 is 42.3 Å². The van der Waals surface area contributed by atoms with Gasteiger partial charge in [-0.05, 0) is 31.6 Å². The van der Waals surface area contributed by atoms with Crippen LogP contribution in [0.1, 0.15) is 46.5 Å². The van der Waals surface area contributed by atoms with E-state index in [1.54, 1.807) is 0 Å². The largest absolute Gasteiger partial charge is 0.356 e. The van der Waals surface area contributed by atoms with Crippen molar-refractivity contribution in [3.63, 3.8) is 0 Å². The molecule has 0 rings (SSSR count). The van der Waals surface area contributed by atoms with Crippen LogP contribution >= 0.6 is 0 Å². The number of rotatable bonds is 16. The summed E-state index contributed by atoms with van der Waals surface area (Å²) in [5.41, 5.74) is 5.28. The Morgan fingerprint density at radius 2 is 1.50 bits per heavy atom. The topological polar surface area (TPSA) is 189 Å². The lowest BCUT2D eigenvalue weighted by atomic mass is 10.0. The Labute approximate surface area is 188 Å². The van der Waals surface area contributed by atoms with Crippen molar-refractivity contribution in [2.24, 2.45) is 11.7 Å². The Morgan fingerprint density at radius 1 is 0.875 bits per heavy atom. The summed E-state index contributed by atoms with van der Waals surface area (Å²) in [4.78, 5) is 69.9. The highest BCUT2D eigenvalue weighted by molar-refractivity contribution is 5.93. The Hall–Kier alpha value is -3.02. The van der Waals surface area contributed by atoms with Crippen LogP contribution in [-0.2, 0) is 28.8 Å². The Balaban J connectivity index is 4.79. The van der Waals surface area contributed by atoms with E-state index in [1.165, 1.54) is 6.92 Å². The predicted octanol–water partition coefficient (Wildman–Crippen LogP) is -2.30. The SMILES string of the molecule is CC(=O)NCCCC[C@H](NC(=O)CNC(=O)[C@H](CC(C)C)NC(=O)CN)C(=O)NCC=O. The lowest BCUT2D eigenvalue weighted by molar-refractivity contribution is -0.131. The summed E-state index contributed by atoms with van der Waals surface area (Å²) >= 11 is 0. The molecule has 182 valence electrons. The second-order valence-corrected chi connectivity index (χ2v) is 7.68. The second kappa shape index (κ2) is 16.6. The normalized spacial score (nSPS) is 12.3. The van der Waals surface area contributed by atoms with Crippen molar-refractivity contribution in [1.82, 2.24) is 26.6 Å². The van der Waals surface area contributed by atoms with Gasteiger partial charge in [-0.1, -0.05) is 13.8 Å². The fraction of sp³-hybridized carbons (Fsp3) is 0.700. The molecule has 0 unspecified atom stereocenters. The first-order chi connectivity index (χ1) is 15.1. The quantitative estimate of drug-likeness (QED) is 0.111. The summed E-state index contributed by atoms with van der Waals surface area (Å²) in [6.07, 6.45) is 2.31. The number of carbonyl (C=O) groups excluding carboxylic acids is 6. The molecule has 5 amide bonds. The summed E-state index contributed by atoms with van der Waals surface area (Å²) in [6.45, 7) is 4.76. The molecule has 0 aromatic heterocycles.